The fourth-order valence-corrected chi connectivity index (χ4v) is 4.41. The second kappa shape index (κ2) is 7.24. The topological polar surface area (TPSA) is 26.7 Å². The predicted molar refractivity (Wildman–Crippen MR) is 84.8 cm³/mol. The normalized spacial score (nSPS) is 39.6. The van der Waals surface area contributed by atoms with Gasteiger partial charge in [0.1, 0.15) is 0 Å². The molecular formula is C17H34N2O. The molecule has 3 heteroatoms. The van der Waals surface area contributed by atoms with Gasteiger partial charge in [-0.3, -0.25) is 0 Å². The monoisotopic (exact) mass is 282 g/mol. The first-order chi connectivity index (χ1) is 9.51. The van der Waals surface area contributed by atoms with Gasteiger partial charge >= 0.3 is 0 Å². The maximum atomic E-state index is 10.3. The molecule has 5 atom stereocenters. The summed E-state index contributed by atoms with van der Waals surface area (Å²) in [5.74, 6) is 2.11. The fourth-order valence-electron chi connectivity index (χ4n) is 4.41. The quantitative estimate of drug-likeness (QED) is 0.839. The van der Waals surface area contributed by atoms with Gasteiger partial charge < -0.3 is 14.9 Å². The fraction of sp³-hybridized carbons (Fsp3) is 1.00. The molecule has 1 aliphatic heterocycles. The minimum atomic E-state index is -0.0585. The SMILES string of the molecule is CCCC1CCC(O)C(CN2CC(C)C(N(C)C)C2)C1. The molecule has 0 bridgehead atoms. The summed E-state index contributed by atoms with van der Waals surface area (Å²) in [6.45, 7) is 8.13. The van der Waals surface area contributed by atoms with E-state index in [0.29, 0.717) is 12.0 Å². The van der Waals surface area contributed by atoms with Crippen LogP contribution in [-0.4, -0.2) is 60.8 Å². The minimum Gasteiger partial charge on any atom is -0.393 e. The molecule has 0 spiro atoms. The molecule has 1 N–H and O–H groups in total. The highest BCUT2D eigenvalue weighted by atomic mass is 16.3. The van der Waals surface area contributed by atoms with E-state index in [4.69, 9.17) is 0 Å². The Kier molecular flexibility index (Phi) is 5.88. The van der Waals surface area contributed by atoms with Gasteiger partial charge in [0, 0.05) is 25.7 Å². The van der Waals surface area contributed by atoms with Crippen LogP contribution >= 0.6 is 0 Å². The third kappa shape index (κ3) is 3.96. The lowest BCUT2D eigenvalue weighted by atomic mass is 9.77. The van der Waals surface area contributed by atoms with E-state index < -0.39 is 0 Å². The average molecular weight is 282 g/mol. The molecule has 118 valence electrons. The van der Waals surface area contributed by atoms with Crippen molar-refractivity contribution in [3.63, 3.8) is 0 Å². The number of nitrogens with zero attached hydrogens (tertiary/aromatic N) is 2. The van der Waals surface area contributed by atoms with Crippen LogP contribution in [0, 0.1) is 17.8 Å². The number of hydrogen-bond acceptors (Lipinski definition) is 3. The van der Waals surface area contributed by atoms with Crippen molar-refractivity contribution in [3.8, 4) is 0 Å². The molecular weight excluding hydrogens is 248 g/mol. The molecule has 20 heavy (non-hydrogen) atoms. The largest absolute Gasteiger partial charge is 0.393 e. The predicted octanol–water partition coefficient (Wildman–Crippen LogP) is 2.45. The van der Waals surface area contributed by atoms with Crippen LogP contribution in [0.3, 0.4) is 0 Å². The molecule has 2 aliphatic rings. The minimum absolute atomic E-state index is 0.0585. The Morgan fingerprint density at radius 1 is 1.20 bits per heavy atom. The average Bonchev–Trinajstić information content (AvgIpc) is 2.75. The zero-order chi connectivity index (χ0) is 14.7. The summed E-state index contributed by atoms with van der Waals surface area (Å²) in [4.78, 5) is 4.96. The highest BCUT2D eigenvalue weighted by Crippen LogP contribution is 2.33. The second-order valence-corrected chi connectivity index (χ2v) is 7.52. The zero-order valence-corrected chi connectivity index (χ0v) is 13.9. The number of hydrogen-bond donors (Lipinski definition) is 1. The van der Waals surface area contributed by atoms with Crippen LogP contribution in [-0.2, 0) is 0 Å². The maximum Gasteiger partial charge on any atom is 0.0580 e. The Bertz CT molecular complexity index is 295. The van der Waals surface area contributed by atoms with Crippen LogP contribution in [0.15, 0.2) is 0 Å². The van der Waals surface area contributed by atoms with Gasteiger partial charge in [-0.1, -0.05) is 26.7 Å². The first-order valence-electron chi connectivity index (χ1n) is 8.58. The van der Waals surface area contributed by atoms with Crippen molar-refractivity contribution in [2.75, 3.05) is 33.7 Å². The Labute approximate surface area is 125 Å². The van der Waals surface area contributed by atoms with E-state index in [-0.39, 0.29) is 6.10 Å². The number of aliphatic hydroxyl groups excluding tert-OH is 1. The molecule has 0 radical (unpaired) electrons. The Morgan fingerprint density at radius 2 is 1.95 bits per heavy atom. The molecule has 2 rings (SSSR count). The van der Waals surface area contributed by atoms with Gasteiger partial charge in [-0.25, -0.2) is 0 Å². The number of aliphatic hydroxyl groups is 1. The highest BCUT2D eigenvalue weighted by molar-refractivity contribution is 4.89. The molecule has 1 saturated carbocycles. The van der Waals surface area contributed by atoms with Gasteiger partial charge in [0.25, 0.3) is 0 Å². The van der Waals surface area contributed by atoms with E-state index in [9.17, 15) is 5.11 Å². The van der Waals surface area contributed by atoms with Gasteiger partial charge in [0.05, 0.1) is 6.10 Å². The van der Waals surface area contributed by atoms with Crippen molar-refractivity contribution in [1.29, 1.82) is 0 Å². The number of likely N-dealkylation sites (N-methyl/N-ethyl adjacent to an activating group) is 1. The molecule has 5 unspecified atom stereocenters. The van der Waals surface area contributed by atoms with Crippen LogP contribution in [0.25, 0.3) is 0 Å². The molecule has 1 saturated heterocycles. The van der Waals surface area contributed by atoms with Crippen LogP contribution < -0.4 is 0 Å². The first kappa shape index (κ1) is 16.3. The second-order valence-electron chi connectivity index (χ2n) is 7.52. The molecule has 0 amide bonds. The van der Waals surface area contributed by atoms with Crippen LogP contribution in [0.2, 0.25) is 0 Å². The standard InChI is InChI=1S/C17H34N2O/c1-5-6-14-7-8-17(20)15(9-14)11-19-10-13(2)16(12-19)18(3)4/h13-17,20H,5-12H2,1-4H3. The van der Waals surface area contributed by atoms with E-state index in [2.05, 4.69) is 37.7 Å². The smallest absolute Gasteiger partial charge is 0.0580 e. The van der Waals surface area contributed by atoms with E-state index in [1.807, 2.05) is 0 Å². The van der Waals surface area contributed by atoms with Crippen molar-refractivity contribution in [3.05, 3.63) is 0 Å². The van der Waals surface area contributed by atoms with Crippen molar-refractivity contribution < 1.29 is 5.11 Å². The highest BCUT2D eigenvalue weighted by Gasteiger charge is 2.35. The summed E-state index contributed by atoms with van der Waals surface area (Å²) in [7, 11) is 4.38. The maximum absolute atomic E-state index is 10.3. The van der Waals surface area contributed by atoms with Crippen LogP contribution in [0.4, 0.5) is 0 Å². The van der Waals surface area contributed by atoms with E-state index in [0.717, 1.165) is 24.8 Å². The number of rotatable bonds is 5. The van der Waals surface area contributed by atoms with Crippen LogP contribution in [0.1, 0.15) is 46.0 Å². The summed E-state index contributed by atoms with van der Waals surface area (Å²) < 4.78 is 0. The van der Waals surface area contributed by atoms with E-state index >= 15 is 0 Å². The van der Waals surface area contributed by atoms with Gasteiger partial charge in [0.2, 0.25) is 0 Å². The Balaban J connectivity index is 1.85. The molecule has 1 heterocycles. The number of likely N-dealkylation sites (tertiary alicyclic amines) is 1. The lowest BCUT2D eigenvalue weighted by Gasteiger charge is -2.35. The van der Waals surface area contributed by atoms with E-state index in [1.54, 1.807) is 0 Å². The van der Waals surface area contributed by atoms with Crippen molar-refractivity contribution in [2.24, 2.45) is 17.8 Å². The van der Waals surface area contributed by atoms with Crippen molar-refractivity contribution in [2.45, 2.75) is 58.1 Å². The summed E-state index contributed by atoms with van der Waals surface area (Å²) >= 11 is 0. The summed E-state index contributed by atoms with van der Waals surface area (Å²) in [6, 6.07) is 0.683. The third-order valence-corrected chi connectivity index (χ3v) is 5.55. The van der Waals surface area contributed by atoms with Gasteiger partial charge in [0.15, 0.2) is 0 Å². The van der Waals surface area contributed by atoms with Crippen molar-refractivity contribution in [1.82, 2.24) is 9.80 Å². The van der Waals surface area contributed by atoms with Gasteiger partial charge in [-0.2, -0.15) is 0 Å². The van der Waals surface area contributed by atoms with Crippen LogP contribution in [0.5, 0.6) is 0 Å². The summed E-state index contributed by atoms with van der Waals surface area (Å²) in [5.41, 5.74) is 0. The molecule has 0 aromatic carbocycles. The molecule has 1 aliphatic carbocycles. The third-order valence-electron chi connectivity index (χ3n) is 5.55. The Hall–Kier alpha value is -0.120. The lowest BCUT2D eigenvalue weighted by molar-refractivity contribution is 0.0285. The van der Waals surface area contributed by atoms with Gasteiger partial charge in [-0.15, -0.1) is 0 Å². The van der Waals surface area contributed by atoms with E-state index in [1.165, 1.54) is 38.8 Å². The first-order valence-corrected chi connectivity index (χ1v) is 8.58. The molecule has 2 fully saturated rings. The van der Waals surface area contributed by atoms with Gasteiger partial charge in [-0.05, 0) is 51.1 Å². The van der Waals surface area contributed by atoms with Crippen molar-refractivity contribution >= 4 is 0 Å². The molecule has 3 nitrogen and oxygen atoms in total. The zero-order valence-electron chi connectivity index (χ0n) is 13.9. The molecule has 0 aromatic rings. The lowest BCUT2D eigenvalue weighted by Crippen LogP contribution is -2.39. The summed E-state index contributed by atoms with van der Waals surface area (Å²) in [6.07, 6.45) is 6.08. The molecule has 0 aromatic heterocycles. The Morgan fingerprint density at radius 3 is 2.55 bits per heavy atom. The summed E-state index contributed by atoms with van der Waals surface area (Å²) in [5, 5.41) is 10.3.